The van der Waals surface area contributed by atoms with Crippen molar-refractivity contribution in [3.63, 3.8) is 0 Å². The number of amides is 1. The molecule has 0 saturated heterocycles. The third-order valence-electron chi connectivity index (χ3n) is 3.31. The Hall–Kier alpha value is -2.28. The number of nitriles is 1. The first kappa shape index (κ1) is 13.2. The molecule has 1 aromatic carbocycles. The van der Waals surface area contributed by atoms with Crippen molar-refractivity contribution in [2.75, 3.05) is 11.9 Å². The van der Waals surface area contributed by atoms with Gasteiger partial charge >= 0.3 is 0 Å². The smallest absolute Gasteiger partial charge is 0.246 e. The molecule has 0 unspecified atom stereocenters. The molecule has 98 valence electrons. The number of hydrogen-bond donors (Lipinski definition) is 1. The molecule has 0 aliphatic carbocycles. The number of carbonyl (C=O) groups is 1. The standard InChI is InChI=1S/C15H17N3O/c1-10-13(11-7-5-6-8-12(11)17-10)18(4)14(19)15(2,3)9-16/h5-8,17H,1-4H3. The molecule has 1 N–H and O–H groups in total. The molecule has 0 spiro atoms. The monoisotopic (exact) mass is 255 g/mol. The number of hydrogen-bond acceptors (Lipinski definition) is 2. The minimum atomic E-state index is -1.03. The zero-order valence-corrected chi connectivity index (χ0v) is 11.6. The number of benzene rings is 1. The molecule has 0 atom stereocenters. The SMILES string of the molecule is Cc1[nH]c2ccccc2c1N(C)C(=O)C(C)(C)C#N. The minimum absolute atomic E-state index is 0.206. The van der Waals surface area contributed by atoms with Crippen molar-refractivity contribution in [1.82, 2.24) is 4.98 Å². The first-order chi connectivity index (χ1) is 8.88. The lowest BCUT2D eigenvalue weighted by atomic mass is 9.93. The van der Waals surface area contributed by atoms with E-state index in [9.17, 15) is 4.79 Å². The van der Waals surface area contributed by atoms with Gasteiger partial charge in [0, 0.05) is 23.6 Å². The predicted octanol–water partition coefficient (Wildman–Crippen LogP) is 2.99. The van der Waals surface area contributed by atoms with E-state index in [0.717, 1.165) is 22.3 Å². The van der Waals surface area contributed by atoms with Gasteiger partial charge in [0.05, 0.1) is 11.8 Å². The van der Waals surface area contributed by atoms with Crippen LogP contribution in [0, 0.1) is 23.7 Å². The number of para-hydroxylation sites is 1. The van der Waals surface area contributed by atoms with Gasteiger partial charge in [-0.15, -0.1) is 0 Å². The van der Waals surface area contributed by atoms with Crippen LogP contribution >= 0.6 is 0 Å². The minimum Gasteiger partial charge on any atom is -0.357 e. The second kappa shape index (κ2) is 4.43. The van der Waals surface area contributed by atoms with Crippen molar-refractivity contribution >= 4 is 22.5 Å². The van der Waals surface area contributed by atoms with Gasteiger partial charge in [-0.3, -0.25) is 4.79 Å². The Morgan fingerprint density at radius 2 is 2.00 bits per heavy atom. The normalized spacial score (nSPS) is 11.3. The van der Waals surface area contributed by atoms with Gasteiger partial charge in [0.25, 0.3) is 0 Å². The van der Waals surface area contributed by atoms with Gasteiger partial charge in [0.1, 0.15) is 5.41 Å². The molecule has 0 saturated carbocycles. The maximum Gasteiger partial charge on any atom is 0.246 e. The van der Waals surface area contributed by atoms with Crippen molar-refractivity contribution in [2.24, 2.45) is 5.41 Å². The van der Waals surface area contributed by atoms with Crippen molar-refractivity contribution in [3.05, 3.63) is 30.0 Å². The summed E-state index contributed by atoms with van der Waals surface area (Å²) in [4.78, 5) is 17.2. The summed E-state index contributed by atoms with van der Waals surface area (Å²) in [6.07, 6.45) is 0. The van der Waals surface area contributed by atoms with Gasteiger partial charge in [-0.25, -0.2) is 0 Å². The number of rotatable bonds is 2. The Labute approximate surface area is 112 Å². The molecule has 4 nitrogen and oxygen atoms in total. The first-order valence-corrected chi connectivity index (χ1v) is 6.15. The molecule has 2 rings (SSSR count). The molecule has 0 radical (unpaired) electrons. The molecule has 2 aromatic rings. The average molecular weight is 255 g/mol. The van der Waals surface area contributed by atoms with E-state index < -0.39 is 5.41 Å². The highest BCUT2D eigenvalue weighted by atomic mass is 16.2. The van der Waals surface area contributed by atoms with Crippen molar-refractivity contribution in [3.8, 4) is 6.07 Å². The highest BCUT2D eigenvalue weighted by Gasteiger charge is 2.32. The number of nitrogens with one attached hydrogen (secondary N) is 1. The summed E-state index contributed by atoms with van der Waals surface area (Å²) in [6.45, 7) is 5.20. The summed E-state index contributed by atoms with van der Waals surface area (Å²) in [5.41, 5.74) is 1.72. The predicted molar refractivity (Wildman–Crippen MR) is 75.8 cm³/mol. The first-order valence-electron chi connectivity index (χ1n) is 6.15. The van der Waals surface area contributed by atoms with Gasteiger partial charge < -0.3 is 9.88 Å². The summed E-state index contributed by atoms with van der Waals surface area (Å²) in [5.74, 6) is -0.206. The highest BCUT2D eigenvalue weighted by molar-refractivity contribution is 6.06. The van der Waals surface area contributed by atoms with Gasteiger partial charge in [-0.1, -0.05) is 18.2 Å². The second-order valence-electron chi connectivity index (χ2n) is 5.25. The van der Waals surface area contributed by atoms with Crippen molar-refractivity contribution in [1.29, 1.82) is 5.26 Å². The maximum absolute atomic E-state index is 12.4. The molecule has 0 fully saturated rings. The number of anilines is 1. The number of nitrogens with zero attached hydrogens (tertiary/aromatic N) is 2. The molecule has 1 heterocycles. The quantitative estimate of drug-likeness (QED) is 0.896. The zero-order chi connectivity index (χ0) is 14.2. The summed E-state index contributed by atoms with van der Waals surface area (Å²) >= 11 is 0. The van der Waals surface area contributed by atoms with Gasteiger partial charge in [-0.2, -0.15) is 5.26 Å². The molecule has 0 bridgehead atoms. The van der Waals surface area contributed by atoms with Crippen LogP contribution in [0.4, 0.5) is 5.69 Å². The van der Waals surface area contributed by atoms with E-state index in [1.807, 2.05) is 31.2 Å². The van der Waals surface area contributed by atoms with E-state index in [0.29, 0.717) is 0 Å². The van der Waals surface area contributed by atoms with E-state index in [2.05, 4.69) is 11.1 Å². The van der Waals surface area contributed by atoms with E-state index in [1.54, 1.807) is 25.8 Å². The number of carbonyl (C=O) groups excluding carboxylic acids is 1. The van der Waals surface area contributed by atoms with Gasteiger partial charge in [0.2, 0.25) is 5.91 Å². The lowest BCUT2D eigenvalue weighted by molar-refractivity contribution is -0.123. The Bertz CT molecular complexity index is 676. The van der Waals surface area contributed by atoms with Crippen LogP contribution in [-0.2, 0) is 4.79 Å². The van der Waals surface area contributed by atoms with Crippen LogP contribution in [0.1, 0.15) is 19.5 Å². The van der Waals surface area contributed by atoms with Crippen LogP contribution < -0.4 is 4.90 Å². The van der Waals surface area contributed by atoms with Crippen LogP contribution in [0.25, 0.3) is 10.9 Å². The molecule has 1 aromatic heterocycles. The number of H-pyrrole nitrogens is 1. The topological polar surface area (TPSA) is 59.9 Å². The van der Waals surface area contributed by atoms with Crippen molar-refractivity contribution < 1.29 is 4.79 Å². The largest absolute Gasteiger partial charge is 0.357 e. The maximum atomic E-state index is 12.4. The fourth-order valence-corrected chi connectivity index (χ4v) is 2.26. The summed E-state index contributed by atoms with van der Waals surface area (Å²) in [5, 5.41) is 10.1. The molecule has 4 heteroatoms. The summed E-state index contributed by atoms with van der Waals surface area (Å²) < 4.78 is 0. The lowest BCUT2D eigenvalue weighted by Gasteiger charge is -2.24. The third kappa shape index (κ3) is 2.08. The number of aromatic amines is 1. The van der Waals surface area contributed by atoms with Crippen molar-refractivity contribution in [2.45, 2.75) is 20.8 Å². The molecular weight excluding hydrogens is 238 g/mol. The van der Waals surface area contributed by atoms with E-state index in [4.69, 9.17) is 5.26 Å². The van der Waals surface area contributed by atoms with E-state index in [-0.39, 0.29) is 5.91 Å². The highest BCUT2D eigenvalue weighted by Crippen LogP contribution is 2.32. The van der Waals surface area contributed by atoms with Crippen LogP contribution in [0.2, 0.25) is 0 Å². The van der Waals surface area contributed by atoms with E-state index >= 15 is 0 Å². The van der Waals surface area contributed by atoms with Crippen LogP contribution in [0.3, 0.4) is 0 Å². The zero-order valence-electron chi connectivity index (χ0n) is 11.6. The third-order valence-corrected chi connectivity index (χ3v) is 3.31. The van der Waals surface area contributed by atoms with Gasteiger partial charge in [0.15, 0.2) is 0 Å². The average Bonchev–Trinajstić information content (AvgIpc) is 2.72. The molecule has 1 amide bonds. The Balaban J connectivity index is 2.54. The fourth-order valence-electron chi connectivity index (χ4n) is 2.26. The summed E-state index contributed by atoms with van der Waals surface area (Å²) in [7, 11) is 1.71. The molecule has 19 heavy (non-hydrogen) atoms. The van der Waals surface area contributed by atoms with Crippen LogP contribution in [-0.4, -0.2) is 17.9 Å². The number of aryl methyl sites for hydroxylation is 1. The van der Waals surface area contributed by atoms with Crippen LogP contribution in [0.5, 0.6) is 0 Å². The molecule has 0 aliphatic heterocycles. The Morgan fingerprint density at radius 1 is 1.37 bits per heavy atom. The Morgan fingerprint density at radius 3 is 2.63 bits per heavy atom. The second-order valence-corrected chi connectivity index (χ2v) is 5.25. The number of fused-ring (bicyclic) bond motifs is 1. The Kier molecular flexibility index (Phi) is 3.07. The van der Waals surface area contributed by atoms with Crippen LogP contribution in [0.15, 0.2) is 24.3 Å². The number of aromatic nitrogens is 1. The molecule has 0 aliphatic rings. The summed E-state index contributed by atoms with van der Waals surface area (Å²) in [6, 6.07) is 9.88. The lowest BCUT2D eigenvalue weighted by Crippen LogP contribution is -2.37. The fraction of sp³-hybridized carbons (Fsp3) is 0.333. The van der Waals surface area contributed by atoms with E-state index in [1.165, 1.54) is 0 Å². The van der Waals surface area contributed by atoms with Gasteiger partial charge in [-0.05, 0) is 26.8 Å². The molecular formula is C15H17N3O.